The molecule has 0 saturated carbocycles. The number of esters is 1. The summed E-state index contributed by atoms with van der Waals surface area (Å²) in [4.78, 5) is 34.9. The first kappa shape index (κ1) is 20.6. The summed E-state index contributed by atoms with van der Waals surface area (Å²) in [6, 6.07) is 1.61. The van der Waals surface area contributed by atoms with Gasteiger partial charge in [0.25, 0.3) is 0 Å². The SMILES string of the molecule is Cc1cc(NC(=O)CSCC(=O)OCc2nc(N)c3c4c(sc3n2)CCCC4)no1. The molecule has 9 nitrogen and oxygen atoms in total. The average molecular weight is 448 g/mol. The summed E-state index contributed by atoms with van der Waals surface area (Å²) >= 11 is 2.80. The van der Waals surface area contributed by atoms with Crippen LogP contribution in [0.3, 0.4) is 0 Å². The fraction of sp³-hybridized carbons (Fsp3) is 0.421. The van der Waals surface area contributed by atoms with Gasteiger partial charge in [0, 0.05) is 10.9 Å². The van der Waals surface area contributed by atoms with E-state index in [1.807, 2.05) is 0 Å². The Bertz CT molecular complexity index is 1090. The van der Waals surface area contributed by atoms with Gasteiger partial charge in [-0.15, -0.1) is 23.1 Å². The van der Waals surface area contributed by atoms with Crippen molar-refractivity contribution in [1.29, 1.82) is 0 Å². The molecule has 11 heteroatoms. The third-order valence-corrected chi connectivity index (χ3v) is 6.69. The Hall–Kier alpha value is -2.66. The molecule has 0 unspecified atom stereocenters. The van der Waals surface area contributed by atoms with Crippen LogP contribution >= 0.6 is 23.1 Å². The minimum atomic E-state index is -0.446. The third kappa shape index (κ3) is 4.73. The minimum Gasteiger partial charge on any atom is -0.457 e. The molecule has 3 aromatic rings. The number of thioether (sulfide) groups is 1. The van der Waals surface area contributed by atoms with Crippen molar-refractivity contribution >= 4 is 56.8 Å². The predicted molar refractivity (Wildman–Crippen MR) is 115 cm³/mol. The van der Waals surface area contributed by atoms with E-state index in [0.29, 0.717) is 23.2 Å². The zero-order valence-corrected chi connectivity index (χ0v) is 18.0. The van der Waals surface area contributed by atoms with E-state index in [0.717, 1.165) is 41.2 Å². The number of carbonyl (C=O) groups is 2. The Kier molecular flexibility index (Phi) is 6.18. The van der Waals surface area contributed by atoms with Gasteiger partial charge in [-0.1, -0.05) is 5.16 Å². The summed E-state index contributed by atoms with van der Waals surface area (Å²) < 4.78 is 10.1. The number of amides is 1. The first-order valence-electron chi connectivity index (χ1n) is 9.53. The van der Waals surface area contributed by atoms with Gasteiger partial charge in [-0.3, -0.25) is 9.59 Å². The zero-order chi connectivity index (χ0) is 21.1. The minimum absolute atomic E-state index is 0.0380. The fourth-order valence-electron chi connectivity index (χ4n) is 3.31. The lowest BCUT2D eigenvalue weighted by molar-refractivity contribution is -0.141. The number of ether oxygens (including phenoxy) is 1. The molecule has 3 heterocycles. The number of hydrogen-bond acceptors (Lipinski definition) is 10. The number of aromatic nitrogens is 3. The first-order valence-corrected chi connectivity index (χ1v) is 11.5. The lowest BCUT2D eigenvalue weighted by atomic mass is 9.97. The number of aryl methyl sites for hydroxylation is 3. The molecule has 0 aromatic carbocycles. The average Bonchev–Trinajstić information content (AvgIpc) is 3.29. The smallest absolute Gasteiger partial charge is 0.316 e. The second-order valence-corrected chi connectivity index (χ2v) is 9.01. The number of fused-ring (bicyclic) bond motifs is 3. The molecule has 3 aromatic heterocycles. The van der Waals surface area contributed by atoms with E-state index in [9.17, 15) is 9.59 Å². The Morgan fingerprint density at radius 2 is 2.13 bits per heavy atom. The van der Waals surface area contributed by atoms with Crippen LogP contribution in [-0.4, -0.2) is 38.5 Å². The molecule has 1 aliphatic carbocycles. The molecule has 4 rings (SSSR count). The maximum Gasteiger partial charge on any atom is 0.316 e. The van der Waals surface area contributed by atoms with E-state index < -0.39 is 5.97 Å². The molecule has 0 atom stereocenters. The molecule has 1 amide bonds. The van der Waals surface area contributed by atoms with E-state index in [1.54, 1.807) is 24.3 Å². The Labute approximate surface area is 180 Å². The van der Waals surface area contributed by atoms with Crippen LogP contribution in [0.25, 0.3) is 10.2 Å². The molecule has 1 aliphatic rings. The molecule has 0 radical (unpaired) electrons. The van der Waals surface area contributed by atoms with Crippen LogP contribution in [-0.2, 0) is 33.8 Å². The number of hydrogen-bond donors (Lipinski definition) is 2. The maximum atomic E-state index is 12.0. The summed E-state index contributed by atoms with van der Waals surface area (Å²) in [6.07, 6.45) is 4.41. The molecule has 0 bridgehead atoms. The van der Waals surface area contributed by atoms with Crippen LogP contribution in [0.4, 0.5) is 11.6 Å². The van der Waals surface area contributed by atoms with E-state index >= 15 is 0 Å². The van der Waals surface area contributed by atoms with Crippen molar-refractivity contribution in [2.24, 2.45) is 0 Å². The molecule has 30 heavy (non-hydrogen) atoms. The zero-order valence-electron chi connectivity index (χ0n) is 16.4. The summed E-state index contributed by atoms with van der Waals surface area (Å²) in [7, 11) is 0. The van der Waals surface area contributed by atoms with E-state index in [-0.39, 0.29) is 24.0 Å². The second kappa shape index (κ2) is 9.00. The molecule has 0 saturated heterocycles. The molecular formula is C19H21N5O4S2. The number of rotatable bonds is 7. The van der Waals surface area contributed by atoms with E-state index in [4.69, 9.17) is 15.0 Å². The number of nitrogens with one attached hydrogen (secondary N) is 1. The highest BCUT2D eigenvalue weighted by atomic mass is 32.2. The molecule has 3 N–H and O–H groups in total. The van der Waals surface area contributed by atoms with Crippen LogP contribution < -0.4 is 11.1 Å². The fourth-order valence-corrected chi connectivity index (χ4v) is 5.21. The monoisotopic (exact) mass is 447 g/mol. The standard InChI is InChI=1S/C19H21N5O4S2/c1-10-6-13(24-28-10)21-15(25)8-29-9-16(26)27-7-14-22-18(20)17-11-4-2-3-5-12(11)30-19(17)23-14/h6H,2-5,7-9H2,1H3,(H2,20,22,23)(H,21,24,25). The van der Waals surface area contributed by atoms with Crippen molar-refractivity contribution in [2.75, 3.05) is 22.6 Å². The summed E-state index contributed by atoms with van der Waals surface area (Å²) in [5.41, 5.74) is 7.44. The topological polar surface area (TPSA) is 133 Å². The summed E-state index contributed by atoms with van der Waals surface area (Å²) in [5, 5.41) is 7.22. The number of anilines is 2. The van der Waals surface area contributed by atoms with E-state index in [1.165, 1.54) is 16.9 Å². The lowest BCUT2D eigenvalue weighted by Gasteiger charge is -2.10. The van der Waals surface area contributed by atoms with Gasteiger partial charge in [-0.25, -0.2) is 9.97 Å². The van der Waals surface area contributed by atoms with Crippen molar-refractivity contribution in [3.8, 4) is 0 Å². The van der Waals surface area contributed by atoms with Crippen molar-refractivity contribution in [1.82, 2.24) is 15.1 Å². The van der Waals surface area contributed by atoms with Gasteiger partial charge in [0.05, 0.1) is 16.9 Å². The van der Waals surface area contributed by atoms with Gasteiger partial charge in [-0.2, -0.15) is 0 Å². The van der Waals surface area contributed by atoms with Crippen molar-refractivity contribution in [3.05, 3.63) is 28.1 Å². The molecule has 158 valence electrons. The van der Waals surface area contributed by atoms with Gasteiger partial charge in [0.1, 0.15) is 16.4 Å². The number of carbonyl (C=O) groups excluding carboxylic acids is 2. The van der Waals surface area contributed by atoms with Gasteiger partial charge in [0.15, 0.2) is 18.2 Å². The Balaban J connectivity index is 1.26. The summed E-state index contributed by atoms with van der Waals surface area (Å²) in [6.45, 7) is 1.68. The highest BCUT2D eigenvalue weighted by Crippen LogP contribution is 2.37. The number of nitrogens with two attached hydrogens (primary N) is 1. The van der Waals surface area contributed by atoms with E-state index in [2.05, 4.69) is 20.4 Å². The van der Waals surface area contributed by atoms with Crippen molar-refractivity contribution in [3.63, 3.8) is 0 Å². The highest BCUT2D eigenvalue weighted by Gasteiger charge is 2.20. The van der Waals surface area contributed by atoms with Crippen molar-refractivity contribution < 1.29 is 18.8 Å². The van der Waals surface area contributed by atoms with Gasteiger partial charge in [0.2, 0.25) is 5.91 Å². The van der Waals surface area contributed by atoms with Crippen LogP contribution in [0.5, 0.6) is 0 Å². The van der Waals surface area contributed by atoms with Gasteiger partial charge in [-0.05, 0) is 38.2 Å². The predicted octanol–water partition coefficient (Wildman–Crippen LogP) is 2.86. The Morgan fingerprint density at radius 3 is 2.93 bits per heavy atom. The van der Waals surface area contributed by atoms with Gasteiger partial charge >= 0.3 is 5.97 Å². The quantitative estimate of drug-likeness (QED) is 0.524. The lowest BCUT2D eigenvalue weighted by Crippen LogP contribution is -2.16. The van der Waals surface area contributed by atoms with Crippen LogP contribution in [0.1, 0.15) is 34.9 Å². The number of nitrogens with zero attached hydrogens (tertiary/aromatic N) is 3. The van der Waals surface area contributed by atoms with Crippen LogP contribution in [0.2, 0.25) is 0 Å². The maximum absolute atomic E-state index is 12.0. The first-order chi connectivity index (χ1) is 14.5. The molecular weight excluding hydrogens is 426 g/mol. The molecule has 0 aliphatic heterocycles. The van der Waals surface area contributed by atoms with Gasteiger partial charge < -0.3 is 20.3 Å². The third-order valence-electron chi connectivity index (χ3n) is 4.60. The molecule has 0 fully saturated rings. The largest absolute Gasteiger partial charge is 0.457 e. The molecule has 0 spiro atoms. The van der Waals surface area contributed by atoms with Crippen LogP contribution in [0, 0.1) is 6.92 Å². The number of thiophene rings is 1. The van der Waals surface area contributed by atoms with Crippen LogP contribution in [0.15, 0.2) is 10.6 Å². The normalized spacial score (nSPS) is 13.2. The highest BCUT2D eigenvalue weighted by molar-refractivity contribution is 8.00. The second-order valence-electron chi connectivity index (χ2n) is 6.94. The summed E-state index contributed by atoms with van der Waals surface area (Å²) in [5.74, 6) is 1.19. The number of nitrogen functional groups attached to an aromatic ring is 1. The van der Waals surface area contributed by atoms with Crippen molar-refractivity contribution in [2.45, 2.75) is 39.2 Å². The Morgan fingerprint density at radius 1 is 1.30 bits per heavy atom.